The van der Waals surface area contributed by atoms with Gasteiger partial charge in [0, 0.05) is 33.8 Å². The van der Waals surface area contributed by atoms with E-state index in [1.165, 1.54) is 0 Å². The van der Waals surface area contributed by atoms with E-state index in [1.807, 2.05) is 30.3 Å². The molecule has 5 nitrogen and oxygen atoms in total. The molecule has 0 aliphatic carbocycles. The van der Waals surface area contributed by atoms with Crippen molar-refractivity contribution in [3.8, 4) is 0 Å². The van der Waals surface area contributed by atoms with E-state index >= 15 is 0 Å². The molecule has 0 atom stereocenters. The summed E-state index contributed by atoms with van der Waals surface area (Å²) < 4.78 is 21.1. The van der Waals surface area contributed by atoms with Crippen molar-refractivity contribution in [2.45, 2.75) is 25.3 Å². The van der Waals surface area contributed by atoms with Gasteiger partial charge < -0.3 is 18.0 Å². The maximum Gasteiger partial charge on any atom is 0.500 e. The van der Waals surface area contributed by atoms with Crippen LogP contribution in [0.1, 0.15) is 18.4 Å². The Labute approximate surface area is 127 Å². The van der Waals surface area contributed by atoms with Crippen molar-refractivity contribution in [3.05, 3.63) is 35.9 Å². The maximum atomic E-state index is 11.6. The molecule has 1 rings (SSSR count). The lowest BCUT2D eigenvalue weighted by Gasteiger charge is -2.24. The summed E-state index contributed by atoms with van der Waals surface area (Å²) in [6.45, 7) is 0.360. The van der Waals surface area contributed by atoms with Crippen LogP contribution >= 0.6 is 0 Å². The number of carbonyl (C=O) groups is 1. The van der Waals surface area contributed by atoms with E-state index in [9.17, 15) is 4.79 Å². The predicted octanol–water partition coefficient (Wildman–Crippen LogP) is 2.43. The molecule has 0 aliphatic heterocycles. The van der Waals surface area contributed by atoms with E-state index in [0.717, 1.165) is 5.56 Å². The van der Waals surface area contributed by atoms with Crippen molar-refractivity contribution >= 4 is 14.8 Å². The summed E-state index contributed by atoms with van der Waals surface area (Å²) >= 11 is 0. The van der Waals surface area contributed by atoms with Gasteiger partial charge in [0.1, 0.15) is 0 Å². The molecular weight excluding hydrogens is 288 g/mol. The fourth-order valence-electron chi connectivity index (χ4n) is 1.99. The summed E-state index contributed by atoms with van der Waals surface area (Å²) in [6, 6.07) is 10.5. The zero-order valence-corrected chi connectivity index (χ0v) is 14.0. The molecule has 0 amide bonds. The zero-order valence-electron chi connectivity index (χ0n) is 13.0. The summed E-state index contributed by atoms with van der Waals surface area (Å²) in [4.78, 5) is 11.6. The van der Waals surface area contributed by atoms with Crippen molar-refractivity contribution < 1.29 is 22.8 Å². The van der Waals surface area contributed by atoms with Gasteiger partial charge in [-0.05, 0) is 18.4 Å². The summed E-state index contributed by atoms with van der Waals surface area (Å²) in [7, 11) is 2.17. The molecule has 118 valence electrons. The van der Waals surface area contributed by atoms with Gasteiger partial charge >= 0.3 is 14.8 Å². The third kappa shape index (κ3) is 6.39. The van der Waals surface area contributed by atoms with Gasteiger partial charge in [0.25, 0.3) is 0 Å². The molecule has 1 aromatic carbocycles. The lowest BCUT2D eigenvalue weighted by Crippen LogP contribution is -2.42. The highest BCUT2D eigenvalue weighted by molar-refractivity contribution is 6.60. The monoisotopic (exact) mass is 312 g/mol. The summed E-state index contributed by atoms with van der Waals surface area (Å²) in [6.07, 6.45) is 1.76. The fraction of sp³-hybridized carbons (Fsp3) is 0.533. The summed E-state index contributed by atoms with van der Waals surface area (Å²) in [5, 5.41) is 0. The van der Waals surface area contributed by atoms with Crippen LogP contribution in [0.3, 0.4) is 0 Å². The first-order chi connectivity index (χ1) is 10.2. The molecule has 0 aliphatic rings. The number of esters is 1. The second-order valence-electron chi connectivity index (χ2n) is 4.61. The summed E-state index contributed by atoms with van der Waals surface area (Å²) in [5.41, 5.74) is 1.14. The van der Waals surface area contributed by atoms with Gasteiger partial charge in [-0.25, -0.2) is 0 Å². The Morgan fingerprint density at radius 2 is 1.67 bits per heavy atom. The molecule has 6 heteroatoms. The zero-order chi connectivity index (χ0) is 15.6. The minimum atomic E-state index is -2.55. The molecule has 0 spiro atoms. The smallest absolute Gasteiger partial charge is 0.466 e. The van der Waals surface area contributed by atoms with Crippen molar-refractivity contribution in [2.24, 2.45) is 0 Å². The van der Waals surface area contributed by atoms with E-state index in [-0.39, 0.29) is 5.97 Å². The van der Waals surface area contributed by atoms with Crippen molar-refractivity contribution in [1.29, 1.82) is 0 Å². The van der Waals surface area contributed by atoms with Gasteiger partial charge in [-0.2, -0.15) is 0 Å². The first kappa shape index (κ1) is 17.8. The van der Waals surface area contributed by atoms with Crippen LogP contribution in [0, 0.1) is 0 Å². The van der Waals surface area contributed by atoms with E-state index in [1.54, 1.807) is 21.3 Å². The average Bonchev–Trinajstić information content (AvgIpc) is 2.55. The van der Waals surface area contributed by atoms with Crippen molar-refractivity contribution in [1.82, 2.24) is 0 Å². The van der Waals surface area contributed by atoms with Crippen molar-refractivity contribution in [2.75, 3.05) is 27.9 Å². The fourth-order valence-corrected chi connectivity index (χ4v) is 3.68. The first-order valence-electron chi connectivity index (χ1n) is 7.01. The van der Waals surface area contributed by atoms with Gasteiger partial charge in [0.05, 0.1) is 6.61 Å². The lowest BCUT2D eigenvalue weighted by atomic mass is 10.1. The van der Waals surface area contributed by atoms with E-state index in [4.69, 9.17) is 18.0 Å². The third-order valence-electron chi connectivity index (χ3n) is 3.28. The normalized spacial score (nSPS) is 11.4. The van der Waals surface area contributed by atoms with E-state index in [2.05, 4.69) is 0 Å². The largest absolute Gasteiger partial charge is 0.500 e. The number of hydrogen-bond donors (Lipinski definition) is 0. The Morgan fingerprint density at radius 1 is 1.05 bits per heavy atom. The third-order valence-corrected chi connectivity index (χ3v) is 6.12. The Bertz CT molecular complexity index is 398. The van der Waals surface area contributed by atoms with Gasteiger partial charge in [-0.1, -0.05) is 30.3 Å². The number of benzene rings is 1. The van der Waals surface area contributed by atoms with Gasteiger partial charge in [-0.3, -0.25) is 4.79 Å². The van der Waals surface area contributed by atoms with Crippen LogP contribution in [0.15, 0.2) is 30.3 Å². The number of aryl methyl sites for hydroxylation is 1. The second-order valence-corrected chi connectivity index (χ2v) is 7.70. The second kappa shape index (κ2) is 9.67. The van der Waals surface area contributed by atoms with Gasteiger partial charge in [-0.15, -0.1) is 0 Å². The standard InChI is InChI=1S/C15H24O5Si/c1-17-21(18-2,19-3)13-7-12-20-15(16)11-10-14-8-5-4-6-9-14/h4-6,8-9H,7,10-13H2,1-3H3. The molecular formula is C15H24O5Si. The minimum Gasteiger partial charge on any atom is -0.466 e. The first-order valence-corrected chi connectivity index (χ1v) is 8.94. The highest BCUT2D eigenvalue weighted by Crippen LogP contribution is 2.15. The van der Waals surface area contributed by atoms with Crippen LogP contribution in [0.2, 0.25) is 6.04 Å². The SMILES string of the molecule is CO[Si](CCCOC(=O)CCc1ccccc1)(OC)OC. The van der Waals surface area contributed by atoms with Crippen LogP contribution in [-0.2, 0) is 29.2 Å². The Hall–Kier alpha value is -1.21. The highest BCUT2D eigenvalue weighted by atomic mass is 28.4. The molecule has 0 heterocycles. The lowest BCUT2D eigenvalue weighted by molar-refractivity contribution is -0.143. The quantitative estimate of drug-likeness (QED) is 0.377. The van der Waals surface area contributed by atoms with Crippen LogP contribution < -0.4 is 0 Å². The van der Waals surface area contributed by atoms with Crippen LogP contribution in [-0.4, -0.2) is 42.7 Å². The van der Waals surface area contributed by atoms with Gasteiger partial charge in [0.2, 0.25) is 0 Å². The molecule has 0 saturated heterocycles. The van der Waals surface area contributed by atoms with Crippen molar-refractivity contribution in [3.63, 3.8) is 0 Å². The molecule has 0 unspecified atom stereocenters. The number of rotatable bonds is 10. The van der Waals surface area contributed by atoms with E-state index in [0.29, 0.717) is 31.9 Å². The average molecular weight is 312 g/mol. The number of ether oxygens (including phenoxy) is 1. The maximum absolute atomic E-state index is 11.6. The molecule has 0 bridgehead atoms. The molecule has 0 fully saturated rings. The van der Waals surface area contributed by atoms with E-state index < -0.39 is 8.80 Å². The molecule has 0 N–H and O–H groups in total. The van der Waals surface area contributed by atoms with Crippen LogP contribution in [0.25, 0.3) is 0 Å². The number of hydrogen-bond acceptors (Lipinski definition) is 5. The molecule has 21 heavy (non-hydrogen) atoms. The Morgan fingerprint density at radius 3 is 2.24 bits per heavy atom. The molecule has 1 aromatic rings. The number of carbonyl (C=O) groups excluding carboxylic acids is 1. The molecule has 0 saturated carbocycles. The van der Waals surface area contributed by atoms with Gasteiger partial charge in [0.15, 0.2) is 0 Å². The van der Waals surface area contributed by atoms with Crippen LogP contribution in [0.5, 0.6) is 0 Å². The highest BCUT2D eigenvalue weighted by Gasteiger charge is 2.36. The minimum absolute atomic E-state index is 0.182. The Balaban J connectivity index is 2.19. The van der Waals surface area contributed by atoms with Crippen LogP contribution in [0.4, 0.5) is 0 Å². The predicted molar refractivity (Wildman–Crippen MR) is 81.9 cm³/mol. The molecule has 0 radical (unpaired) electrons. The Kier molecular flexibility index (Phi) is 8.22. The molecule has 0 aromatic heterocycles. The topological polar surface area (TPSA) is 54.0 Å². The summed E-state index contributed by atoms with van der Waals surface area (Å²) in [5.74, 6) is -0.182.